The lowest BCUT2D eigenvalue weighted by Gasteiger charge is -2.23. The Balaban J connectivity index is 2.78. The lowest BCUT2D eigenvalue weighted by molar-refractivity contribution is -0.384. The van der Waals surface area contributed by atoms with Gasteiger partial charge in [0.25, 0.3) is 46.2 Å². The van der Waals surface area contributed by atoms with E-state index in [-0.39, 0.29) is 125 Å². The second-order valence-corrected chi connectivity index (χ2v) is 29.4. The minimum atomic E-state index is -4.17. The largest absolute Gasteiger partial charge is 0.513 e. The summed E-state index contributed by atoms with van der Waals surface area (Å²) in [5.41, 5.74) is -0.167. The van der Waals surface area contributed by atoms with E-state index in [1.54, 1.807) is 4.90 Å². The molecule has 0 spiro atoms. The van der Waals surface area contributed by atoms with E-state index in [1.807, 2.05) is 0 Å². The summed E-state index contributed by atoms with van der Waals surface area (Å²) in [6.45, 7) is 0.890. The van der Waals surface area contributed by atoms with E-state index < -0.39 is 80.7 Å². The summed E-state index contributed by atoms with van der Waals surface area (Å²) in [5.74, 6) is 0.723. The summed E-state index contributed by atoms with van der Waals surface area (Å²) in [4.78, 5) is 62.6. The average Bonchev–Trinajstić information content (AvgIpc) is 3.29. The highest BCUT2D eigenvalue weighted by atomic mass is 33.1. The number of nitro benzene ring substituents is 1. The average molecular weight is 1250 g/mol. The maximum absolute atomic E-state index is 13.1. The predicted molar refractivity (Wildman–Crippen MR) is 292 cm³/mol. The normalized spacial score (nSPS) is 12.9. The molecule has 0 heterocycles. The third-order valence-electron chi connectivity index (χ3n) is 8.97. The van der Waals surface area contributed by atoms with Gasteiger partial charge in [-0.3, -0.25) is 37.9 Å². The van der Waals surface area contributed by atoms with Gasteiger partial charge >= 0.3 is 12.2 Å². The molecule has 1 rings (SSSR count). The number of nitrogens with zero attached hydrogens (tertiary/aromatic N) is 2. The molecule has 0 aliphatic carbocycles. The Bertz CT molecular complexity index is 2180. The first-order chi connectivity index (χ1) is 34.7. The lowest BCUT2D eigenvalue weighted by Crippen LogP contribution is -2.40. The number of amides is 3. The summed E-state index contributed by atoms with van der Waals surface area (Å²) < 4.78 is 140. The zero-order valence-corrected chi connectivity index (χ0v) is 48.2. The van der Waals surface area contributed by atoms with Crippen molar-refractivity contribution in [2.75, 3.05) is 122 Å². The predicted octanol–water partition coefficient (Wildman–Crippen LogP) is 3.31. The van der Waals surface area contributed by atoms with Crippen LogP contribution < -0.4 is 20.7 Å². The molecule has 2 atom stereocenters. The minimum absolute atomic E-state index is 0.000156. The number of hydrogen-bond acceptors (Lipinski definition) is 24. The van der Waals surface area contributed by atoms with Crippen LogP contribution in [0.2, 0.25) is 0 Å². The molecule has 0 radical (unpaired) electrons. The smallest absolute Gasteiger partial charge is 0.449 e. The molecular weight excluding hydrogens is 1180 g/mol. The summed E-state index contributed by atoms with van der Waals surface area (Å²) in [6.07, 6.45) is -1.12. The first-order valence-electron chi connectivity index (χ1n) is 22.4. The topological polar surface area (TPSA) is 396 Å². The molecular formula is C38H65N5O21S10. The Hall–Kier alpha value is -2.20. The van der Waals surface area contributed by atoms with Gasteiger partial charge in [0, 0.05) is 97.8 Å². The molecule has 2 unspecified atom stereocenters. The van der Waals surface area contributed by atoms with Gasteiger partial charge in [-0.15, -0.1) is 0 Å². The van der Waals surface area contributed by atoms with Crippen LogP contribution in [0.4, 0.5) is 15.3 Å². The van der Waals surface area contributed by atoms with Crippen LogP contribution in [0.1, 0.15) is 38.5 Å². The third-order valence-corrected chi connectivity index (χ3v) is 20.0. The molecule has 428 valence electrons. The lowest BCUT2D eigenvalue weighted by atomic mass is 10.3. The van der Waals surface area contributed by atoms with Crippen molar-refractivity contribution in [2.45, 2.75) is 49.0 Å². The molecule has 0 saturated heterocycles. The molecule has 36 heteroatoms. The Morgan fingerprint density at radius 3 is 1.43 bits per heavy atom. The zero-order valence-electron chi connectivity index (χ0n) is 40.1. The molecule has 1 aromatic rings. The van der Waals surface area contributed by atoms with Crippen molar-refractivity contribution in [1.82, 2.24) is 20.9 Å². The number of carbonyl (C=O) groups is 4. The van der Waals surface area contributed by atoms with E-state index >= 15 is 0 Å². The van der Waals surface area contributed by atoms with Gasteiger partial charge in [0.2, 0.25) is 11.8 Å². The van der Waals surface area contributed by atoms with Crippen LogP contribution in [-0.4, -0.2) is 218 Å². The number of non-ortho nitro benzene ring substituents is 1. The van der Waals surface area contributed by atoms with Gasteiger partial charge < -0.3 is 35.1 Å². The molecule has 0 aliphatic heterocycles. The highest BCUT2D eigenvalue weighted by molar-refractivity contribution is 8.76. The fourth-order valence-corrected chi connectivity index (χ4v) is 14.7. The van der Waals surface area contributed by atoms with E-state index in [1.165, 1.54) is 92.9 Å². The number of thioether (sulfide) groups is 4. The highest BCUT2D eigenvalue weighted by Gasteiger charge is 2.18. The van der Waals surface area contributed by atoms with E-state index in [9.17, 15) is 63.0 Å². The molecule has 0 bridgehead atoms. The number of hydrogen-bond donors (Lipinski definition) is 7. The van der Waals surface area contributed by atoms with Crippen molar-refractivity contribution < 1.29 is 90.2 Å². The van der Waals surface area contributed by atoms with Crippen molar-refractivity contribution in [3.63, 3.8) is 0 Å². The van der Waals surface area contributed by atoms with Crippen LogP contribution in [0.25, 0.3) is 0 Å². The van der Waals surface area contributed by atoms with Crippen LogP contribution in [0.15, 0.2) is 24.3 Å². The quantitative estimate of drug-likeness (QED) is 0.00937. The van der Waals surface area contributed by atoms with Crippen molar-refractivity contribution >= 4 is 139 Å². The van der Waals surface area contributed by atoms with E-state index in [0.29, 0.717) is 46.0 Å². The Labute approximate surface area is 457 Å². The van der Waals surface area contributed by atoms with Crippen LogP contribution in [0.3, 0.4) is 0 Å². The number of ether oxygens (including phenoxy) is 3. The number of rotatable bonds is 44. The summed E-state index contributed by atoms with van der Waals surface area (Å²) in [6, 6.07) is 4.88. The first kappa shape index (κ1) is 69.8. The number of alkyl carbamates (subject to hydrolysis) is 1. The third kappa shape index (κ3) is 43.9. The van der Waals surface area contributed by atoms with Crippen molar-refractivity contribution in [3.8, 4) is 5.75 Å². The zero-order chi connectivity index (χ0) is 55.5. The number of nitro groups is 1. The van der Waals surface area contributed by atoms with E-state index in [0.717, 1.165) is 0 Å². The fraction of sp³-hybridized carbons (Fsp3) is 0.737. The molecule has 0 fully saturated rings. The summed E-state index contributed by atoms with van der Waals surface area (Å²) in [5, 5.41) is 18.6. The van der Waals surface area contributed by atoms with Crippen molar-refractivity contribution in [2.24, 2.45) is 0 Å². The number of nitrogens with one attached hydrogen (secondary N) is 3. The molecule has 0 aliphatic rings. The number of carbonyl (C=O) groups excluding carboxylic acids is 4. The Morgan fingerprint density at radius 2 is 1.01 bits per heavy atom. The first-order valence-corrected chi connectivity index (χ1v) is 35.7. The second-order valence-electron chi connectivity index (χ2n) is 15.3. The monoisotopic (exact) mass is 1250 g/mol. The summed E-state index contributed by atoms with van der Waals surface area (Å²) in [7, 11) is -13.9. The maximum Gasteiger partial charge on any atom is 0.513 e. The fourth-order valence-electron chi connectivity index (χ4n) is 5.49. The number of benzene rings is 1. The van der Waals surface area contributed by atoms with Crippen LogP contribution in [0, 0.1) is 10.1 Å². The highest BCUT2D eigenvalue weighted by Crippen LogP contribution is 2.22. The second kappa shape index (κ2) is 39.2. The van der Waals surface area contributed by atoms with Crippen LogP contribution in [0.5, 0.6) is 5.75 Å². The Kier molecular flexibility index (Phi) is 37.0. The van der Waals surface area contributed by atoms with Crippen molar-refractivity contribution in [1.29, 1.82) is 0 Å². The van der Waals surface area contributed by atoms with Crippen LogP contribution in [-0.2, 0) is 59.5 Å². The Morgan fingerprint density at radius 1 is 0.595 bits per heavy atom. The van der Waals surface area contributed by atoms with Gasteiger partial charge in [-0.25, -0.2) is 9.59 Å². The van der Waals surface area contributed by atoms with E-state index in [2.05, 4.69) is 16.0 Å². The molecule has 0 saturated carbocycles. The van der Waals surface area contributed by atoms with Gasteiger partial charge in [-0.1, -0.05) is 21.6 Å². The van der Waals surface area contributed by atoms with Gasteiger partial charge in [-0.2, -0.15) is 80.7 Å². The molecule has 26 nitrogen and oxygen atoms in total. The molecule has 74 heavy (non-hydrogen) atoms. The van der Waals surface area contributed by atoms with Gasteiger partial charge in [0.15, 0.2) is 0 Å². The summed E-state index contributed by atoms with van der Waals surface area (Å²) >= 11 is 5.49. The van der Waals surface area contributed by atoms with Gasteiger partial charge in [-0.05, 0) is 60.8 Å². The molecule has 3 amide bonds. The van der Waals surface area contributed by atoms with Crippen LogP contribution >= 0.6 is 68.6 Å². The minimum Gasteiger partial charge on any atom is -0.449 e. The SMILES string of the molecule is O=C(CCN(CCNC(=O)OCCSSCCOC(=O)Oc1ccc([N+](=O)[O-])cc1)CCC(=O)NCC(CSCCCS(=O)(=O)O)SCCCS(=O)(=O)O)NCC(CSCCCS(=O)(=O)O)SCCCS(=O)(=O)O. The van der Waals surface area contributed by atoms with Gasteiger partial charge in [0.05, 0.1) is 27.9 Å². The maximum atomic E-state index is 13.1. The molecule has 0 aromatic heterocycles. The van der Waals surface area contributed by atoms with Gasteiger partial charge in [0.1, 0.15) is 19.0 Å². The molecule has 7 N–H and O–H groups in total. The van der Waals surface area contributed by atoms with Crippen molar-refractivity contribution in [3.05, 3.63) is 34.4 Å². The standard InChI is InChI=1S/C38H65N5O21S10/c44-35(40-27-33(67-19-3-25-73(56,57)58)29-65-17-1-23-71(50,51)52)9-12-42(13-10-36(45)41-28-34(68-20-4-26-74(59,60)61)30-66-18-2-24-72(53,54)55)14-11-39-37(46)62-15-21-69-70-22-16-63-38(47)64-32-7-5-31(6-8-32)43(48)49/h5-8,33-34H,1-4,9-30H2,(H,39,46)(H,40,44)(H,41,45)(H,50,51,52)(H,53,54,55)(H,56,57,58)(H,59,60,61). The molecule has 1 aromatic carbocycles. The van der Waals surface area contributed by atoms with E-state index in [4.69, 9.17) is 32.4 Å².